The summed E-state index contributed by atoms with van der Waals surface area (Å²) >= 11 is 0. The van der Waals surface area contributed by atoms with E-state index in [1.165, 1.54) is 18.5 Å². The first-order valence-corrected chi connectivity index (χ1v) is 5.99. The van der Waals surface area contributed by atoms with Gasteiger partial charge in [-0.1, -0.05) is 25.6 Å². The lowest BCUT2D eigenvalue weighted by Crippen LogP contribution is -2.01. The largest absolute Gasteiger partial charge is 0.324 e. The highest BCUT2D eigenvalue weighted by atomic mass is 15.1. The lowest BCUT2D eigenvalue weighted by atomic mass is 10.2. The van der Waals surface area contributed by atoms with Crippen molar-refractivity contribution in [2.24, 2.45) is 0 Å². The summed E-state index contributed by atoms with van der Waals surface area (Å²) in [4.78, 5) is 8.99. The van der Waals surface area contributed by atoms with E-state index in [4.69, 9.17) is 0 Å². The van der Waals surface area contributed by atoms with E-state index in [0.717, 1.165) is 11.4 Å². The molecule has 94 valence electrons. The van der Waals surface area contributed by atoms with E-state index in [2.05, 4.69) is 21.4 Å². The van der Waals surface area contributed by atoms with Gasteiger partial charge in [0.25, 0.3) is 0 Å². The molecule has 2 aromatic rings. The van der Waals surface area contributed by atoms with Crippen molar-refractivity contribution in [1.82, 2.24) is 9.97 Å². The minimum atomic E-state index is 0. The normalized spacial score (nSPS) is 13.8. The smallest absolute Gasteiger partial charge is 0.227 e. The van der Waals surface area contributed by atoms with Crippen LogP contribution in [0.5, 0.6) is 0 Å². The summed E-state index contributed by atoms with van der Waals surface area (Å²) in [6, 6.07) is 12.1. The summed E-state index contributed by atoms with van der Waals surface area (Å²) in [5.74, 6) is 1.37. The van der Waals surface area contributed by atoms with Gasteiger partial charge in [0.05, 0.1) is 0 Å². The van der Waals surface area contributed by atoms with E-state index in [1.54, 1.807) is 0 Å². The minimum absolute atomic E-state index is 0. The third-order valence-electron chi connectivity index (χ3n) is 2.90. The van der Waals surface area contributed by atoms with Crippen molar-refractivity contribution < 1.29 is 0 Å². The number of rotatable bonds is 3. The van der Waals surface area contributed by atoms with Gasteiger partial charge >= 0.3 is 0 Å². The zero-order valence-corrected chi connectivity index (χ0v) is 9.85. The van der Waals surface area contributed by atoms with E-state index < -0.39 is 0 Å². The topological polar surface area (TPSA) is 37.8 Å². The fourth-order valence-electron chi connectivity index (χ4n) is 1.89. The zero-order valence-electron chi connectivity index (χ0n) is 9.85. The maximum Gasteiger partial charge on any atom is 0.227 e. The van der Waals surface area contributed by atoms with Gasteiger partial charge < -0.3 is 5.32 Å². The van der Waals surface area contributed by atoms with E-state index in [0.29, 0.717) is 11.9 Å². The van der Waals surface area contributed by atoms with Crippen LogP contribution in [-0.2, 0) is 0 Å². The molecule has 1 aliphatic carbocycles. The van der Waals surface area contributed by atoms with Crippen molar-refractivity contribution in [3.63, 3.8) is 0 Å². The number of benzene rings is 1. The predicted octanol–water partition coefficient (Wildman–Crippen LogP) is 4.04. The molecule has 1 N–H and O–H groups in total. The SMILES string of the molecule is C.Cc1cc(C2CC2)nc(Nc2ccccc2)n1. The van der Waals surface area contributed by atoms with Gasteiger partial charge in [-0.2, -0.15) is 0 Å². The van der Waals surface area contributed by atoms with Crippen LogP contribution in [0.3, 0.4) is 0 Å². The van der Waals surface area contributed by atoms with Crippen LogP contribution in [0, 0.1) is 6.92 Å². The van der Waals surface area contributed by atoms with Gasteiger partial charge in [0, 0.05) is 23.0 Å². The fourth-order valence-corrected chi connectivity index (χ4v) is 1.89. The molecule has 1 aliphatic rings. The standard InChI is InChI=1S/C14H15N3.CH4/c1-10-9-13(11-7-8-11)17-14(15-10)16-12-5-3-2-4-6-12;/h2-6,9,11H,7-8H2,1H3,(H,15,16,17);1H4. The van der Waals surface area contributed by atoms with Crippen molar-refractivity contribution in [1.29, 1.82) is 0 Å². The molecule has 1 fully saturated rings. The number of nitrogens with zero attached hydrogens (tertiary/aromatic N) is 2. The van der Waals surface area contributed by atoms with Crippen LogP contribution in [0.15, 0.2) is 36.4 Å². The van der Waals surface area contributed by atoms with E-state index in [9.17, 15) is 0 Å². The molecule has 0 bridgehead atoms. The molecule has 0 amide bonds. The van der Waals surface area contributed by atoms with Crippen LogP contribution in [-0.4, -0.2) is 9.97 Å². The molecule has 3 nitrogen and oxygen atoms in total. The monoisotopic (exact) mass is 241 g/mol. The summed E-state index contributed by atoms with van der Waals surface area (Å²) in [5, 5.41) is 3.25. The predicted molar refractivity (Wildman–Crippen MR) is 75.2 cm³/mol. The third kappa shape index (κ3) is 2.86. The number of anilines is 2. The lowest BCUT2D eigenvalue weighted by molar-refractivity contribution is 0.972. The number of aromatic nitrogens is 2. The second-order valence-electron chi connectivity index (χ2n) is 4.52. The molecule has 0 unspecified atom stereocenters. The third-order valence-corrected chi connectivity index (χ3v) is 2.90. The minimum Gasteiger partial charge on any atom is -0.324 e. The molecule has 0 atom stereocenters. The lowest BCUT2D eigenvalue weighted by Gasteiger charge is -2.07. The number of aryl methyl sites for hydroxylation is 1. The molecule has 3 rings (SSSR count). The average Bonchev–Trinajstić information content (AvgIpc) is 3.13. The van der Waals surface area contributed by atoms with Gasteiger partial charge in [-0.05, 0) is 38.0 Å². The molecule has 0 spiro atoms. The van der Waals surface area contributed by atoms with Gasteiger partial charge in [0.1, 0.15) is 0 Å². The highest BCUT2D eigenvalue weighted by Crippen LogP contribution is 2.39. The number of para-hydroxylation sites is 1. The Labute approximate surface area is 108 Å². The Balaban J connectivity index is 0.00000120. The molecule has 1 heterocycles. The molecule has 18 heavy (non-hydrogen) atoms. The molecule has 0 aliphatic heterocycles. The van der Waals surface area contributed by atoms with Crippen molar-refractivity contribution in [2.75, 3.05) is 5.32 Å². The van der Waals surface area contributed by atoms with Gasteiger partial charge in [-0.25, -0.2) is 9.97 Å². The quantitative estimate of drug-likeness (QED) is 0.881. The second kappa shape index (κ2) is 5.17. The van der Waals surface area contributed by atoms with E-state index >= 15 is 0 Å². The van der Waals surface area contributed by atoms with Gasteiger partial charge in [-0.3, -0.25) is 0 Å². The second-order valence-corrected chi connectivity index (χ2v) is 4.52. The molecule has 1 saturated carbocycles. The van der Waals surface area contributed by atoms with Gasteiger partial charge in [-0.15, -0.1) is 0 Å². The summed E-state index contributed by atoms with van der Waals surface area (Å²) in [7, 11) is 0. The van der Waals surface area contributed by atoms with E-state index in [1.807, 2.05) is 37.3 Å². The van der Waals surface area contributed by atoms with Crippen LogP contribution in [0.25, 0.3) is 0 Å². The Hall–Kier alpha value is -1.90. The summed E-state index contributed by atoms with van der Waals surface area (Å²) in [6.07, 6.45) is 2.53. The molecular weight excluding hydrogens is 222 g/mol. The summed E-state index contributed by atoms with van der Waals surface area (Å²) in [6.45, 7) is 2.02. The molecule has 1 aromatic heterocycles. The van der Waals surface area contributed by atoms with Crippen molar-refractivity contribution >= 4 is 11.6 Å². The first kappa shape index (κ1) is 12.6. The Morgan fingerprint density at radius 2 is 1.83 bits per heavy atom. The fraction of sp³-hybridized carbons (Fsp3) is 0.333. The molecule has 1 aromatic carbocycles. The number of hydrogen-bond donors (Lipinski definition) is 1. The van der Waals surface area contributed by atoms with Crippen LogP contribution in [0.4, 0.5) is 11.6 Å². The first-order valence-electron chi connectivity index (χ1n) is 5.99. The Bertz CT molecular complexity index is 519. The molecular formula is C15H19N3. The van der Waals surface area contributed by atoms with Crippen LogP contribution >= 0.6 is 0 Å². The van der Waals surface area contributed by atoms with Crippen molar-refractivity contribution in [2.45, 2.75) is 33.1 Å². The molecule has 0 saturated heterocycles. The summed E-state index contributed by atoms with van der Waals surface area (Å²) < 4.78 is 0. The first-order chi connectivity index (χ1) is 8.31. The van der Waals surface area contributed by atoms with Crippen LogP contribution < -0.4 is 5.32 Å². The number of nitrogens with one attached hydrogen (secondary N) is 1. The highest BCUT2D eigenvalue weighted by molar-refractivity contribution is 5.53. The molecule has 0 radical (unpaired) electrons. The maximum atomic E-state index is 4.57. The van der Waals surface area contributed by atoms with Crippen molar-refractivity contribution in [3.8, 4) is 0 Å². The van der Waals surface area contributed by atoms with Gasteiger partial charge in [0.15, 0.2) is 0 Å². The Morgan fingerprint density at radius 1 is 1.11 bits per heavy atom. The summed E-state index contributed by atoms with van der Waals surface area (Å²) in [5.41, 5.74) is 3.23. The van der Waals surface area contributed by atoms with Crippen molar-refractivity contribution in [3.05, 3.63) is 47.8 Å². The number of hydrogen-bond acceptors (Lipinski definition) is 3. The average molecular weight is 241 g/mol. The zero-order chi connectivity index (χ0) is 11.7. The Kier molecular flexibility index (Phi) is 3.60. The molecule has 3 heteroatoms. The van der Waals surface area contributed by atoms with Gasteiger partial charge in [0.2, 0.25) is 5.95 Å². The maximum absolute atomic E-state index is 4.57. The highest BCUT2D eigenvalue weighted by Gasteiger charge is 2.25. The van der Waals surface area contributed by atoms with Crippen LogP contribution in [0.2, 0.25) is 0 Å². The Morgan fingerprint density at radius 3 is 2.50 bits per heavy atom. The van der Waals surface area contributed by atoms with Crippen LogP contribution in [0.1, 0.15) is 37.6 Å². The van der Waals surface area contributed by atoms with E-state index in [-0.39, 0.29) is 7.43 Å².